The molecule has 4 heteroatoms. The number of hydrogen-bond acceptors (Lipinski definition) is 3. The van der Waals surface area contributed by atoms with Crippen molar-refractivity contribution in [1.29, 1.82) is 0 Å². The predicted octanol–water partition coefficient (Wildman–Crippen LogP) is 5.16. The molecule has 0 saturated carbocycles. The fourth-order valence-corrected chi connectivity index (χ4v) is 2.23. The van der Waals surface area contributed by atoms with Gasteiger partial charge in [0.15, 0.2) is 6.29 Å². The normalized spacial score (nSPS) is 13.0. The zero-order valence-electron chi connectivity index (χ0n) is 13.8. The standard InChI is InChI=1S/C18H30NO3/c1-2-3-12-15-18(19(21)22)16-13-10-8-6-4-5-7-9-11-14-17-20/h8,10,13,16,18H,2-7,9,11-12,14-15H2,1H3/b10-8+,16-13+. The summed E-state index contributed by atoms with van der Waals surface area (Å²) < 4.78 is 0. The van der Waals surface area contributed by atoms with Crippen molar-refractivity contribution in [3.05, 3.63) is 34.4 Å². The van der Waals surface area contributed by atoms with E-state index < -0.39 is 6.04 Å². The van der Waals surface area contributed by atoms with Gasteiger partial charge in [-0.05, 0) is 31.8 Å². The molecule has 0 spiro atoms. The Labute approximate surface area is 134 Å². The van der Waals surface area contributed by atoms with Gasteiger partial charge >= 0.3 is 0 Å². The molecule has 0 aromatic carbocycles. The monoisotopic (exact) mass is 308 g/mol. The highest BCUT2D eigenvalue weighted by atomic mass is 16.6. The van der Waals surface area contributed by atoms with Crippen molar-refractivity contribution in [3.8, 4) is 0 Å². The van der Waals surface area contributed by atoms with E-state index in [2.05, 4.69) is 13.0 Å². The quantitative estimate of drug-likeness (QED) is 0.181. The van der Waals surface area contributed by atoms with Gasteiger partial charge in [0, 0.05) is 17.8 Å². The first-order valence-corrected chi connectivity index (χ1v) is 8.54. The van der Waals surface area contributed by atoms with E-state index in [0.29, 0.717) is 12.8 Å². The lowest BCUT2D eigenvalue weighted by molar-refractivity contribution is -0.510. The Morgan fingerprint density at radius 2 is 1.77 bits per heavy atom. The second kappa shape index (κ2) is 15.9. The first kappa shape index (κ1) is 20.6. The second-order valence-electron chi connectivity index (χ2n) is 5.61. The maximum atomic E-state index is 10.9. The van der Waals surface area contributed by atoms with Crippen LogP contribution in [0.1, 0.15) is 77.6 Å². The molecule has 0 heterocycles. The third kappa shape index (κ3) is 13.5. The first-order chi connectivity index (χ1) is 10.7. The van der Waals surface area contributed by atoms with Crippen LogP contribution in [0.4, 0.5) is 0 Å². The van der Waals surface area contributed by atoms with Gasteiger partial charge in [0.2, 0.25) is 6.04 Å². The highest BCUT2D eigenvalue weighted by Crippen LogP contribution is 2.09. The molecule has 0 aliphatic heterocycles. The maximum Gasteiger partial charge on any atom is 0.231 e. The van der Waals surface area contributed by atoms with Crippen LogP contribution in [0.5, 0.6) is 0 Å². The Kier molecular flexibility index (Phi) is 14.9. The summed E-state index contributed by atoms with van der Waals surface area (Å²) in [6.07, 6.45) is 20.1. The number of unbranched alkanes of at least 4 members (excludes halogenated alkanes) is 8. The average Bonchev–Trinajstić information content (AvgIpc) is 2.50. The van der Waals surface area contributed by atoms with Gasteiger partial charge in [-0.15, -0.1) is 0 Å². The molecule has 0 fully saturated rings. The molecular weight excluding hydrogens is 278 g/mol. The Hall–Kier alpha value is -1.45. The third-order valence-electron chi connectivity index (χ3n) is 3.60. The van der Waals surface area contributed by atoms with Crippen molar-refractivity contribution in [2.75, 3.05) is 0 Å². The third-order valence-corrected chi connectivity index (χ3v) is 3.60. The van der Waals surface area contributed by atoms with Crippen molar-refractivity contribution < 1.29 is 9.72 Å². The lowest BCUT2D eigenvalue weighted by Gasteiger charge is -2.03. The number of nitro groups is 1. The molecule has 0 aliphatic rings. The molecule has 0 aliphatic carbocycles. The largest absolute Gasteiger partial charge is 0.291 e. The topological polar surface area (TPSA) is 60.2 Å². The summed E-state index contributed by atoms with van der Waals surface area (Å²) in [5.74, 6) is 0. The Morgan fingerprint density at radius 3 is 2.45 bits per heavy atom. The van der Waals surface area contributed by atoms with Gasteiger partial charge in [0.1, 0.15) is 0 Å². The molecule has 0 amide bonds. The zero-order valence-corrected chi connectivity index (χ0v) is 13.8. The van der Waals surface area contributed by atoms with E-state index in [0.717, 1.165) is 51.4 Å². The zero-order chi connectivity index (χ0) is 16.5. The van der Waals surface area contributed by atoms with Crippen molar-refractivity contribution >= 4 is 6.29 Å². The van der Waals surface area contributed by atoms with Crippen LogP contribution in [0.3, 0.4) is 0 Å². The Balaban J connectivity index is 3.70. The van der Waals surface area contributed by atoms with Crippen LogP contribution in [-0.4, -0.2) is 17.3 Å². The van der Waals surface area contributed by atoms with Crippen LogP contribution in [0, 0.1) is 10.1 Å². The van der Waals surface area contributed by atoms with Gasteiger partial charge in [-0.2, -0.15) is 0 Å². The van der Waals surface area contributed by atoms with E-state index in [9.17, 15) is 14.9 Å². The van der Waals surface area contributed by atoms with Gasteiger partial charge in [0.25, 0.3) is 0 Å². The minimum Gasteiger partial charge on any atom is -0.291 e. The number of allylic oxidation sites excluding steroid dienone is 3. The summed E-state index contributed by atoms with van der Waals surface area (Å²) in [5, 5.41) is 10.9. The molecule has 1 unspecified atom stereocenters. The maximum absolute atomic E-state index is 10.9. The summed E-state index contributed by atoms with van der Waals surface area (Å²) in [6.45, 7) is 2.10. The highest BCUT2D eigenvalue weighted by molar-refractivity contribution is 5.50. The van der Waals surface area contributed by atoms with Crippen LogP contribution in [0.15, 0.2) is 24.3 Å². The molecular formula is C18H30NO3. The fraction of sp³-hybridized carbons (Fsp3) is 0.722. The van der Waals surface area contributed by atoms with E-state index in [1.165, 1.54) is 6.42 Å². The van der Waals surface area contributed by atoms with Gasteiger partial charge in [-0.1, -0.05) is 57.3 Å². The number of rotatable bonds is 15. The molecule has 0 bridgehead atoms. The van der Waals surface area contributed by atoms with E-state index in [4.69, 9.17) is 0 Å². The van der Waals surface area contributed by atoms with Gasteiger partial charge < -0.3 is 0 Å². The van der Waals surface area contributed by atoms with Gasteiger partial charge in [-0.25, -0.2) is 0 Å². The summed E-state index contributed by atoms with van der Waals surface area (Å²) in [7, 11) is 0. The smallest absolute Gasteiger partial charge is 0.231 e. The lowest BCUT2D eigenvalue weighted by Crippen LogP contribution is -2.16. The molecule has 0 saturated heterocycles. The first-order valence-electron chi connectivity index (χ1n) is 8.54. The van der Waals surface area contributed by atoms with Crippen molar-refractivity contribution in [2.24, 2.45) is 0 Å². The fourth-order valence-electron chi connectivity index (χ4n) is 2.23. The average molecular weight is 308 g/mol. The summed E-state index contributed by atoms with van der Waals surface area (Å²) in [4.78, 5) is 20.7. The molecule has 0 aromatic rings. The van der Waals surface area contributed by atoms with Crippen molar-refractivity contribution in [1.82, 2.24) is 0 Å². The van der Waals surface area contributed by atoms with E-state index in [-0.39, 0.29) is 4.92 Å². The molecule has 22 heavy (non-hydrogen) atoms. The minimum atomic E-state index is -0.550. The highest BCUT2D eigenvalue weighted by Gasteiger charge is 2.14. The van der Waals surface area contributed by atoms with Crippen molar-refractivity contribution in [2.45, 2.75) is 83.6 Å². The lowest BCUT2D eigenvalue weighted by atomic mass is 10.1. The summed E-state index contributed by atoms with van der Waals surface area (Å²) >= 11 is 0. The second-order valence-corrected chi connectivity index (χ2v) is 5.61. The molecule has 0 N–H and O–H groups in total. The van der Waals surface area contributed by atoms with E-state index in [1.54, 1.807) is 12.2 Å². The summed E-state index contributed by atoms with van der Waals surface area (Å²) in [5.41, 5.74) is 0. The molecule has 0 rings (SSSR count). The molecule has 4 nitrogen and oxygen atoms in total. The SMILES string of the molecule is CCCCCC(/C=C/C=C/CCCCCCC[C]=O)[N+](=O)[O-]. The van der Waals surface area contributed by atoms with Crippen LogP contribution in [0.25, 0.3) is 0 Å². The molecule has 125 valence electrons. The minimum absolute atomic E-state index is 0.198. The Morgan fingerprint density at radius 1 is 1.05 bits per heavy atom. The van der Waals surface area contributed by atoms with Crippen LogP contribution < -0.4 is 0 Å². The van der Waals surface area contributed by atoms with E-state index >= 15 is 0 Å². The summed E-state index contributed by atoms with van der Waals surface area (Å²) in [6, 6.07) is -0.550. The molecule has 1 radical (unpaired) electrons. The number of nitrogens with zero attached hydrogens (tertiary/aromatic N) is 1. The number of hydrogen-bond donors (Lipinski definition) is 0. The van der Waals surface area contributed by atoms with Crippen LogP contribution in [-0.2, 0) is 4.79 Å². The van der Waals surface area contributed by atoms with Crippen LogP contribution in [0.2, 0.25) is 0 Å². The van der Waals surface area contributed by atoms with E-state index in [1.807, 2.05) is 12.4 Å². The number of carbonyl (C=O) groups excluding carboxylic acids is 1. The van der Waals surface area contributed by atoms with Gasteiger partial charge in [0.05, 0.1) is 0 Å². The van der Waals surface area contributed by atoms with Gasteiger partial charge in [-0.3, -0.25) is 14.9 Å². The molecule has 0 aromatic heterocycles. The predicted molar refractivity (Wildman–Crippen MR) is 91.2 cm³/mol. The Bertz CT molecular complexity index is 337. The van der Waals surface area contributed by atoms with Crippen LogP contribution >= 0.6 is 0 Å². The molecule has 1 atom stereocenters. The van der Waals surface area contributed by atoms with Crippen molar-refractivity contribution in [3.63, 3.8) is 0 Å².